The van der Waals surface area contributed by atoms with Gasteiger partial charge < -0.3 is 10.1 Å². The molecule has 0 bridgehead atoms. The molecule has 1 aliphatic rings. The normalized spacial score (nSPS) is 14.2. The van der Waals surface area contributed by atoms with Crippen molar-refractivity contribution >= 4 is 10.9 Å². The van der Waals surface area contributed by atoms with E-state index in [2.05, 4.69) is 32.2 Å². The maximum absolute atomic E-state index is 14.1. The van der Waals surface area contributed by atoms with Crippen LogP contribution in [0, 0.1) is 5.82 Å². The largest absolute Gasteiger partial charge is 0.505 e. The lowest BCUT2D eigenvalue weighted by Crippen LogP contribution is -2.32. The minimum atomic E-state index is -4.51. The predicted octanol–water partition coefficient (Wildman–Crippen LogP) is 6.17. The number of nitrogens with zero attached hydrogens (tertiary/aromatic N) is 3. The zero-order valence-electron chi connectivity index (χ0n) is 20.8. The molecule has 0 radical (unpaired) electrons. The molecule has 10 heteroatoms. The smallest absolute Gasteiger partial charge is 0.393 e. The molecule has 0 saturated carbocycles. The van der Waals surface area contributed by atoms with Gasteiger partial charge in [0, 0.05) is 31.4 Å². The summed E-state index contributed by atoms with van der Waals surface area (Å²) >= 11 is 0. The van der Waals surface area contributed by atoms with Crippen molar-refractivity contribution in [2.75, 3.05) is 13.1 Å². The second-order valence-electron chi connectivity index (χ2n) is 9.86. The first-order valence-corrected chi connectivity index (χ1v) is 12.6. The molecule has 3 heterocycles. The van der Waals surface area contributed by atoms with E-state index in [0.29, 0.717) is 22.6 Å². The average Bonchev–Trinajstić information content (AvgIpc) is 3.52. The first kappa shape index (κ1) is 25.1. The van der Waals surface area contributed by atoms with E-state index >= 15 is 0 Å². The molecule has 0 atom stereocenters. The third-order valence-corrected chi connectivity index (χ3v) is 7.13. The maximum atomic E-state index is 14.1. The Kier molecular flexibility index (Phi) is 6.34. The van der Waals surface area contributed by atoms with Crippen LogP contribution < -0.4 is 0 Å². The maximum Gasteiger partial charge on any atom is 0.393 e. The number of H-pyrrole nitrogens is 2. The van der Waals surface area contributed by atoms with E-state index in [-0.39, 0.29) is 11.1 Å². The number of hydrogen-bond donors (Lipinski definition) is 3. The zero-order valence-corrected chi connectivity index (χ0v) is 20.8. The number of aromatic amines is 2. The Morgan fingerprint density at radius 1 is 1.03 bits per heavy atom. The zero-order chi connectivity index (χ0) is 27.1. The van der Waals surface area contributed by atoms with E-state index in [1.54, 1.807) is 18.2 Å². The fourth-order valence-electron chi connectivity index (χ4n) is 5.19. The highest BCUT2D eigenvalue weighted by Crippen LogP contribution is 2.36. The van der Waals surface area contributed by atoms with Crippen LogP contribution in [-0.4, -0.2) is 49.4 Å². The summed E-state index contributed by atoms with van der Waals surface area (Å²) in [7, 11) is 0. The molecular formula is C29H25F4N5O. The van der Waals surface area contributed by atoms with Gasteiger partial charge in [-0.3, -0.25) is 10.00 Å². The highest BCUT2D eigenvalue weighted by molar-refractivity contribution is 5.94. The van der Waals surface area contributed by atoms with Crippen molar-refractivity contribution < 1.29 is 22.7 Å². The number of aromatic nitrogens is 4. The number of phenolic OH excluding ortho intramolecular Hbond substituents is 1. The van der Waals surface area contributed by atoms with E-state index in [0.717, 1.165) is 61.4 Å². The van der Waals surface area contributed by atoms with Gasteiger partial charge in [0.05, 0.1) is 23.3 Å². The van der Waals surface area contributed by atoms with Gasteiger partial charge >= 0.3 is 6.18 Å². The number of hydrogen-bond acceptors (Lipinski definition) is 4. The summed E-state index contributed by atoms with van der Waals surface area (Å²) in [4.78, 5) is 10.6. The number of imidazole rings is 1. The molecular weight excluding hydrogens is 510 g/mol. The molecule has 0 spiro atoms. The molecule has 6 rings (SSSR count). The van der Waals surface area contributed by atoms with Crippen molar-refractivity contribution in [1.82, 2.24) is 25.1 Å². The monoisotopic (exact) mass is 535 g/mol. The second-order valence-corrected chi connectivity index (χ2v) is 9.86. The summed E-state index contributed by atoms with van der Waals surface area (Å²) in [5.74, 6) is -1.18. The number of nitrogens with one attached hydrogen (secondary N) is 2. The number of phenols is 1. The Morgan fingerprint density at radius 2 is 1.85 bits per heavy atom. The van der Waals surface area contributed by atoms with Gasteiger partial charge in [-0.2, -0.15) is 18.3 Å². The van der Waals surface area contributed by atoms with Gasteiger partial charge in [-0.05, 0) is 52.9 Å². The number of benzene rings is 3. The van der Waals surface area contributed by atoms with Crippen LogP contribution in [0.1, 0.15) is 22.5 Å². The van der Waals surface area contributed by atoms with E-state index in [9.17, 15) is 22.7 Å². The van der Waals surface area contributed by atoms with Gasteiger partial charge in [0.2, 0.25) is 0 Å². The van der Waals surface area contributed by atoms with Crippen LogP contribution in [0.15, 0.2) is 60.7 Å². The van der Waals surface area contributed by atoms with Crippen molar-refractivity contribution in [2.45, 2.75) is 32.0 Å². The van der Waals surface area contributed by atoms with Crippen LogP contribution >= 0.6 is 0 Å². The minimum absolute atomic E-state index is 0.0599. The van der Waals surface area contributed by atoms with Crippen LogP contribution in [0.2, 0.25) is 0 Å². The number of fused-ring (bicyclic) bond motifs is 2. The predicted molar refractivity (Wildman–Crippen MR) is 140 cm³/mol. The molecule has 0 aliphatic carbocycles. The molecule has 0 saturated heterocycles. The van der Waals surface area contributed by atoms with Crippen molar-refractivity contribution in [3.63, 3.8) is 0 Å². The van der Waals surface area contributed by atoms with Crippen LogP contribution in [0.4, 0.5) is 17.6 Å². The third kappa shape index (κ3) is 5.24. The molecule has 200 valence electrons. The van der Waals surface area contributed by atoms with Crippen LogP contribution in [0.3, 0.4) is 0 Å². The lowest BCUT2D eigenvalue weighted by molar-refractivity contribution is -0.127. The summed E-state index contributed by atoms with van der Waals surface area (Å²) in [5, 5.41) is 17.8. The van der Waals surface area contributed by atoms with Gasteiger partial charge in [-0.1, -0.05) is 36.4 Å². The van der Waals surface area contributed by atoms with Crippen molar-refractivity contribution in [2.24, 2.45) is 0 Å². The minimum Gasteiger partial charge on any atom is -0.505 e. The van der Waals surface area contributed by atoms with Gasteiger partial charge in [-0.25, -0.2) is 9.37 Å². The summed E-state index contributed by atoms with van der Waals surface area (Å²) in [6.45, 7) is 2.62. The number of halogens is 4. The summed E-state index contributed by atoms with van der Waals surface area (Å²) in [5.41, 5.74) is 4.77. The summed E-state index contributed by atoms with van der Waals surface area (Å²) < 4.78 is 53.6. The van der Waals surface area contributed by atoms with Crippen LogP contribution in [0.5, 0.6) is 5.75 Å². The van der Waals surface area contributed by atoms with Crippen molar-refractivity contribution in [3.05, 3.63) is 89.0 Å². The molecule has 1 aliphatic heterocycles. The van der Waals surface area contributed by atoms with Gasteiger partial charge in [0.15, 0.2) is 17.4 Å². The molecule has 39 heavy (non-hydrogen) atoms. The summed E-state index contributed by atoms with van der Waals surface area (Å²) in [6, 6.07) is 17.1. The van der Waals surface area contributed by atoms with Gasteiger partial charge in [0.1, 0.15) is 5.69 Å². The lowest BCUT2D eigenvalue weighted by Gasteiger charge is -2.25. The number of aromatic hydroxyl groups is 1. The van der Waals surface area contributed by atoms with Gasteiger partial charge in [-0.15, -0.1) is 0 Å². The SMILES string of the molecule is Oc1cc(CC(F)(F)F)c(-c2ccc3c(-c4nc5c([nH]4)CN(CCc4ccccc4)CC5)n[nH]c3c2)cc1F. The third-order valence-electron chi connectivity index (χ3n) is 7.13. The van der Waals surface area contributed by atoms with E-state index in [1.165, 1.54) is 5.56 Å². The first-order chi connectivity index (χ1) is 18.7. The Balaban J connectivity index is 1.25. The molecule has 3 aromatic carbocycles. The molecule has 3 N–H and O–H groups in total. The standard InChI is InChI=1S/C29H25F4N5O/c30-22-14-21(19(13-26(22)39)15-29(31,32)33)18-6-7-20-24(12-18)36-37-27(20)28-34-23-9-11-38(16-25(23)35-28)10-8-17-4-2-1-3-5-17/h1-7,12-14,39H,8-11,15-16H2,(H,34,35)(H,36,37). The van der Waals surface area contributed by atoms with E-state index in [1.807, 2.05) is 18.2 Å². The van der Waals surface area contributed by atoms with E-state index < -0.39 is 24.2 Å². The molecule has 0 unspecified atom stereocenters. The molecule has 2 aromatic heterocycles. The Bertz CT molecular complexity index is 1640. The Labute approximate surface area is 221 Å². The molecule has 0 amide bonds. The lowest BCUT2D eigenvalue weighted by atomic mass is 9.96. The van der Waals surface area contributed by atoms with Crippen LogP contribution in [-0.2, 0) is 25.8 Å². The topological polar surface area (TPSA) is 80.8 Å². The number of rotatable bonds is 6. The highest BCUT2D eigenvalue weighted by Gasteiger charge is 2.30. The quantitative estimate of drug-likeness (QED) is 0.227. The molecule has 5 aromatic rings. The van der Waals surface area contributed by atoms with E-state index in [4.69, 9.17) is 4.98 Å². The van der Waals surface area contributed by atoms with Crippen molar-refractivity contribution in [1.29, 1.82) is 0 Å². The second kappa shape index (κ2) is 9.85. The average molecular weight is 536 g/mol. The Morgan fingerprint density at radius 3 is 2.64 bits per heavy atom. The Hall–Kier alpha value is -4.18. The molecule has 6 nitrogen and oxygen atoms in total. The summed E-state index contributed by atoms with van der Waals surface area (Å²) in [6.07, 6.45) is -4.01. The van der Waals surface area contributed by atoms with Crippen molar-refractivity contribution in [3.8, 4) is 28.4 Å². The number of alkyl halides is 3. The van der Waals surface area contributed by atoms with Crippen LogP contribution in [0.25, 0.3) is 33.5 Å². The fraction of sp³-hybridized carbons (Fsp3) is 0.241. The molecule has 0 fully saturated rings. The highest BCUT2D eigenvalue weighted by atomic mass is 19.4. The first-order valence-electron chi connectivity index (χ1n) is 12.6. The fourth-order valence-corrected chi connectivity index (χ4v) is 5.19. The van der Waals surface area contributed by atoms with Gasteiger partial charge in [0.25, 0.3) is 0 Å².